The number of nitrogens with zero attached hydrogens (tertiary/aromatic N) is 2. The third-order valence-electron chi connectivity index (χ3n) is 14.1. The summed E-state index contributed by atoms with van der Waals surface area (Å²) in [6.45, 7) is 12.3. The molecule has 2 heterocycles. The Bertz CT molecular complexity index is 4670. The van der Waals surface area contributed by atoms with Crippen LogP contribution in [0.4, 0.5) is 4.39 Å². The van der Waals surface area contributed by atoms with E-state index in [1.807, 2.05) is 97.3 Å². The fraction of sp³-hybridized carbons (Fsp3) is 0.188. The van der Waals surface area contributed by atoms with E-state index in [1.165, 1.54) is 86.8 Å². The second kappa shape index (κ2) is 47.0. The van der Waals surface area contributed by atoms with Crippen molar-refractivity contribution >= 4 is 203 Å². The van der Waals surface area contributed by atoms with Gasteiger partial charge in [0.1, 0.15) is 0 Å². The number of alkyl halides is 6. The van der Waals surface area contributed by atoms with E-state index in [0.717, 1.165) is 66.9 Å². The van der Waals surface area contributed by atoms with Crippen LogP contribution in [-0.2, 0) is 10.1 Å². The number of aliphatic hydroxyl groups excluding tert-OH is 1. The number of ether oxygens (including phenoxy) is 1. The van der Waals surface area contributed by atoms with Gasteiger partial charge in [0.05, 0.1) is 19.8 Å². The second-order valence-electron chi connectivity index (χ2n) is 22.3. The monoisotopic (exact) mass is 1740 g/mol. The number of hydrogen-bond acceptors (Lipinski definition) is 5. The van der Waals surface area contributed by atoms with Crippen LogP contribution in [0.5, 0.6) is 0 Å². The molecule has 1 fully saturated rings. The maximum atomic E-state index is 10.6. The second-order valence-corrected chi connectivity index (χ2v) is 29.4. The van der Waals surface area contributed by atoms with E-state index in [4.69, 9.17) is 64.0 Å². The topological polar surface area (TPSA) is 71.8 Å². The zero-order valence-electron chi connectivity index (χ0n) is 55.9. The van der Waals surface area contributed by atoms with Crippen molar-refractivity contribution in [1.29, 1.82) is 0 Å². The van der Waals surface area contributed by atoms with Gasteiger partial charge in [0.25, 0.3) is 3.25 Å². The van der Waals surface area contributed by atoms with Crippen molar-refractivity contribution in [3.05, 3.63) is 301 Å². The first-order chi connectivity index (χ1) is 47.6. The molecule has 13 aromatic rings. The molecule has 0 atom stereocenters. The van der Waals surface area contributed by atoms with E-state index >= 15 is 0 Å². The maximum absolute atomic E-state index is 10.6. The molecule has 1 saturated heterocycles. The van der Waals surface area contributed by atoms with Crippen molar-refractivity contribution in [2.45, 2.75) is 76.4 Å². The van der Waals surface area contributed by atoms with Crippen LogP contribution in [0.3, 0.4) is 0 Å². The summed E-state index contributed by atoms with van der Waals surface area (Å²) in [5, 5.41) is 23.3. The predicted molar refractivity (Wildman–Crippen MR) is 455 cm³/mol. The lowest BCUT2D eigenvalue weighted by atomic mass is 10.0. The van der Waals surface area contributed by atoms with E-state index in [2.05, 4.69) is 287 Å². The number of aldehydes is 1. The summed E-state index contributed by atoms with van der Waals surface area (Å²) in [6, 6.07) is 84.5. The molecule has 1 aliphatic heterocycles. The summed E-state index contributed by atoms with van der Waals surface area (Å²) in [5.74, 6) is 2.53. The number of carbonyl (C=O) groups excluding carboxylic acids is 1. The fourth-order valence-corrected chi connectivity index (χ4v) is 12.5. The Morgan fingerprint density at radius 2 is 0.930 bits per heavy atom. The molecule has 12 aromatic carbocycles. The van der Waals surface area contributed by atoms with Crippen molar-refractivity contribution in [3.8, 4) is 23.6 Å². The zero-order chi connectivity index (χ0) is 72.2. The summed E-state index contributed by atoms with van der Waals surface area (Å²) < 4.78 is 23.2. The van der Waals surface area contributed by atoms with Gasteiger partial charge in [0.2, 0.25) is 0 Å². The maximum Gasteiger partial charge on any atom is 0.266 e. The molecule has 1 aliphatic rings. The van der Waals surface area contributed by atoms with Gasteiger partial charge in [-0.15, -0.1) is 6.42 Å². The average Bonchev–Trinajstić information content (AvgIpc) is 1.12. The molecule has 100 heavy (non-hydrogen) atoms. The molecule has 0 unspecified atom stereocenters. The molecular weight excluding hydrogens is 1660 g/mol. The van der Waals surface area contributed by atoms with Gasteiger partial charge in [-0.1, -0.05) is 308 Å². The molecule has 0 radical (unpaired) electrons. The zero-order valence-corrected chi connectivity index (χ0v) is 65.8. The highest BCUT2D eigenvalue weighted by molar-refractivity contribution is 9.11. The number of carbonyl (C=O) groups is 1. The van der Waals surface area contributed by atoms with Crippen LogP contribution in [-0.4, -0.2) is 58.4 Å². The fourth-order valence-electron chi connectivity index (χ4n) is 9.39. The molecule has 1 aromatic heterocycles. The van der Waals surface area contributed by atoms with Crippen LogP contribution in [0.2, 0.25) is 0 Å². The lowest BCUT2D eigenvalue weighted by molar-refractivity contribution is 0.112. The van der Waals surface area contributed by atoms with Gasteiger partial charge in [-0.2, -0.15) is 0 Å². The summed E-state index contributed by atoms with van der Waals surface area (Å²) in [5.41, 5.74) is 7.47. The minimum absolute atomic E-state index is 0. The number of terminal acetylenes is 1. The predicted octanol–water partition coefficient (Wildman–Crippen LogP) is 28.6. The van der Waals surface area contributed by atoms with E-state index in [1.54, 1.807) is 6.92 Å². The number of benzene rings is 12. The van der Waals surface area contributed by atoms with Gasteiger partial charge in [-0.25, -0.2) is 0 Å². The number of aliphatic imine (C=N–C) groups is 1. The third-order valence-corrected chi connectivity index (χ3v) is 18.5. The summed E-state index contributed by atoms with van der Waals surface area (Å²) in [6.07, 6.45) is 12.4. The molecule has 0 amide bonds. The van der Waals surface area contributed by atoms with Crippen LogP contribution in [0, 0.1) is 19.3 Å². The van der Waals surface area contributed by atoms with Crippen molar-refractivity contribution in [2.24, 2.45) is 4.99 Å². The molecule has 5 nitrogen and oxygen atoms in total. The number of aliphatic hydroxyl groups is 1. The largest absolute Gasteiger partial charge is 0.397 e. The van der Waals surface area contributed by atoms with Gasteiger partial charge < -0.3 is 9.84 Å². The Kier molecular flexibility index (Phi) is 40.5. The normalized spacial score (nSPS) is 11.1. The number of halogens is 10. The molecule has 14 rings (SSSR count). The van der Waals surface area contributed by atoms with E-state index in [9.17, 15) is 9.18 Å². The quantitative estimate of drug-likeness (QED) is 0.0627. The van der Waals surface area contributed by atoms with Crippen molar-refractivity contribution in [3.63, 3.8) is 0 Å². The molecule has 0 aliphatic carbocycles. The molecule has 15 heteroatoms. The highest BCUT2D eigenvalue weighted by Gasteiger charge is 2.12. The Morgan fingerprint density at radius 3 is 1.36 bits per heavy atom. The van der Waals surface area contributed by atoms with Crippen LogP contribution >= 0.6 is 126 Å². The number of aromatic nitrogens is 1. The van der Waals surface area contributed by atoms with Crippen LogP contribution in [0.25, 0.3) is 75.9 Å². The van der Waals surface area contributed by atoms with Gasteiger partial charge in [-0.05, 0) is 206 Å². The van der Waals surface area contributed by atoms with Crippen molar-refractivity contribution < 1.29 is 20.4 Å². The van der Waals surface area contributed by atoms with E-state index < -0.39 is 10.4 Å². The SMILES string of the molecule is BrCc1ccc2ccccc2c1Br.C.C.C#Cc1ccccc1.C1CCOC1.CC(C)(C)N=Cc1ccc2ccccc2c1Br.CCO.Cc1ccc2ccccc2c1Br.ClC(Cl)(Cl)Cl.O=Cc1ccc2ccccc2c1Br.[2H]CF.c1ccc(-c2cc3c(ccc4ccccc43)cn2)cc1. The first-order valence-electron chi connectivity index (χ1n) is 31.7. The number of fused-ring (bicyclic) bond motifs is 7. The third kappa shape index (κ3) is 29.6. The van der Waals surface area contributed by atoms with Gasteiger partial charge in [0.15, 0.2) is 6.29 Å². The standard InChI is InChI=1S/C19H13N.C15H16BrN.C11H8Br2.C11H7BrO.C11H9Br.C8H6.C4H8O.C2H6O.CCl4.CH3F.2CH4/c1-2-7-15(8-3-1)19-12-18-16(13-20-19)11-10-14-6-4-5-9-17(14)18;1-15(2,3)17-10-12-9-8-11-6-4-5-7-13(11)14(12)16;12-7-9-6-5-8-3-1-2-4-10(8)11(9)13;12-11-9(7-13)6-5-8-3-1-2-4-10(8)11;1-8-6-7-9-4-2-3-5-10(9)11(8)12;1-2-8-6-4-3-5-7-8;1-2-4-5-3-1;1-2-3;2-1(3,4)5;1-2;;/h1-13H;4-10H,1-3H3;1-6H,7H2;1-7H;2-7H,1H3;1,3-7H;1-4H2;3H,2H2,1H3;;1H3;2*1H4/i;;;;;;;;;1D;;. The first kappa shape index (κ1) is 86.1. The number of hydrogen-bond donors (Lipinski definition) is 1. The Hall–Kier alpha value is -6.34. The number of pyridine rings is 1. The van der Waals surface area contributed by atoms with Gasteiger partial charge >= 0.3 is 0 Å². The van der Waals surface area contributed by atoms with Crippen molar-refractivity contribution in [2.75, 3.05) is 27.0 Å². The van der Waals surface area contributed by atoms with Crippen LogP contribution < -0.4 is 0 Å². The summed E-state index contributed by atoms with van der Waals surface area (Å²) in [4.78, 5) is 19.8. The van der Waals surface area contributed by atoms with E-state index in [0.29, 0.717) is 5.56 Å². The summed E-state index contributed by atoms with van der Waals surface area (Å²) >= 11 is 37.0. The van der Waals surface area contributed by atoms with E-state index in [-0.39, 0.29) is 27.0 Å². The molecule has 0 spiro atoms. The summed E-state index contributed by atoms with van der Waals surface area (Å²) in [7, 11) is -1.00. The van der Waals surface area contributed by atoms with Gasteiger partial charge in [-0.3, -0.25) is 19.2 Å². The van der Waals surface area contributed by atoms with Crippen LogP contribution in [0.15, 0.2) is 278 Å². The highest BCUT2D eigenvalue weighted by atomic mass is 79.9. The molecule has 1 N–H and O–H groups in total. The van der Waals surface area contributed by atoms with Crippen LogP contribution in [0.1, 0.15) is 89.4 Å². The average molecular weight is 1740 g/mol. The number of rotatable bonds is 4. The molecule has 0 bridgehead atoms. The molecule has 0 saturated carbocycles. The Labute approximate surface area is 655 Å². The minimum Gasteiger partial charge on any atom is -0.397 e. The van der Waals surface area contributed by atoms with Crippen molar-refractivity contribution in [1.82, 2.24) is 4.98 Å². The smallest absolute Gasteiger partial charge is 0.266 e. The molecular formula is C85H84Br5Cl4FN2O3. The first-order valence-corrected chi connectivity index (χ1v) is 36.7. The number of aryl methyl sites for hydroxylation is 1. The molecule has 522 valence electrons. The minimum atomic E-state index is -1.61. The Balaban J connectivity index is 0.000000305. The van der Waals surface area contributed by atoms with Gasteiger partial charge in [0, 0.05) is 83.1 Å². The highest BCUT2D eigenvalue weighted by Crippen LogP contribution is 2.33. The lowest BCUT2D eigenvalue weighted by Gasteiger charge is -2.11. The Morgan fingerprint density at radius 1 is 0.560 bits per heavy atom. The lowest BCUT2D eigenvalue weighted by Crippen LogP contribution is -2.09.